The van der Waals surface area contributed by atoms with E-state index in [1.165, 1.54) is 25.8 Å². The van der Waals surface area contributed by atoms with E-state index in [0.717, 1.165) is 38.5 Å². The Bertz CT molecular complexity index is 572. The summed E-state index contributed by atoms with van der Waals surface area (Å²) in [6.45, 7) is 3.87. The molecule has 2 aliphatic heterocycles. The van der Waals surface area contributed by atoms with Crippen molar-refractivity contribution in [2.75, 3.05) is 26.2 Å². The molecule has 3 fully saturated rings. The first-order valence-electron chi connectivity index (χ1n) is 9.70. The molecular formula is C19H29N3O3. The van der Waals surface area contributed by atoms with Gasteiger partial charge in [-0.2, -0.15) is 0 Å². The lowest BCUT2D eigenvalue weighted by atomic mass is 10.1. The summed E-state index contributed by atoms with van der Waals surface area (Å²) in [5.41, 5.74) is 0. The topological polar surface area (TPSA) is 69.0 Å². The van der Waals surface area contributed by atoms with Crippen molar-refractivity contribution in [3.05, 3.63) is 24.2 Å². The van der Waals surface area contributed by atoms with Gasteiger partial charge in [-0.05, 0) is 56.7 Å². The first-order chi connectivity index (χ1) is 12.2. The summed E-state index contributed by atoms with van der Waals surface area (Å²) in [6.07, 6.45) is 7.32. The van der Waals surface area contributed by atoms with E-state index in [9.17, 15) is 9.90 Å². The Morgan fingerprint density at radius 1 is 1.32 bits per heavy atom. The maximum Gasteiger partial charge on any atom is 0.317 e. The van der Waals surface area contributed by atoms with E-state index in [-0.39, 0.29) is 12.1 Å². The normalized spacial score (nSPS) is 28.4. The summed E-state index contributed by atoms with van der Waals surface area (Å²) in [5.74, 6) is 1.16. The van der Waals surface area contributed by atoms with Gasteiger partial charge in [-0.1, -0.05) is 0 Å². The van der Waals surface area contributed by atoms with E-state index in [2.05, 4.69) is 10.2 Å². The molecule has 0 aromatic carbocycles. The summed E-state index contributed by atoms with van der Waals surface area (Å²) in [7, 11) is 0. The fourth-order valence-electron chi connectivity index (χ4n) is 4.34. The molecule has 0 radical (unpaired) electrons. The molecule has 3 aliphatic rings. The molecule has 1 saturated carbocycles. The number of likely N-dealkylation sites (tertiary alicyclic amines) is 2. The van der Waals surface area contributed by atoms with Crippen molar-refractivity contribution >= 4 is 6.03 Å². The molecule has 6 heteroatoms. The highest BCUT2D eigenvalue weighted by Gasteiger charge is 2.35. The summed E-state index contributed by atoms with van der Waals surface area (Å²) in [6, 6.07) is 4.51. The second-order valence-electron chi connectivity index (χ2n) is 7.82. The molecule has 1 aliphatic carbocycles. The highest BCUT2D eigenvalue weighted by molar-refractivity contribution is 5.74. The van der Waals surface area contributed by atoms with E-state index in [1.807, 2.05) is 4.90 Å². The van der Waals surface area contributed by atoms with Crippen LogP contribution in [0.2, 0.25) is 0 Å². The lowest BCUT2D eigenvalue weighted by Crippen LogP contribution is -2.45. The molecule has 6 nitrogen and oxygen atoms in total. The fraction of sp³-hybridized carbons (Fsp3) is 0.737. The molecule has 1 aromatic rings. The maximum absolute atomic E-state index is 12.6. The molecule has 2 amide bonds. The van der Waals surface area contributed by atoms with Gasteiger partial charge in [-0.15, -0.1) is 0 Å². The van der Waals surface area contributed by atoms with Crippen LogP contribution in [0, 0.1) is 5.92 Å². The second kappa shape index (κ2) is 7.38. The number of aliphatic hydroxyl groups excluding tert-OH is 1. The van der Waals surface area contributed by atoms with Crippen LogP contribution < -0.4 is 5.32 Å². The minimum atomic E-state index is -0.643. The van der Waals surface area contributed by atoms with Crippen LogP contribution in [0.4, 0.5) is 4.79 Å². The molecule has 3 atom stereocenters. The number of amides is 2. The fourth-order valence-corrected chi connectivity index (χ4v) is 4.34. The van der Waals surface area contributed by atoms with Gasteiger partial charge in [0.1, 0.15) is 11.9 Å². The number of hydrogen-bond donors (Lipinski definition) is 2. The maximum atomic E-state index is 12.6. The lowest BCUT2D eigenvalue weighted by molar-refractivity contribution is 0.107. The number of rotatable bonds is 6. The zero-order chi connectivity index (χ0) is 17.2. The molecular weight excluding hydrogens is 318 g/mol. The Balaban J connectivity index is 1.24. The van der Waals surface area contributed by atoms with Crippen molar-refractivity contribution in [3.8, 4) is 0 Å². The van der Waals surface area contributed by atoms with Crippen molar-refractivity contribution in [1.82, 2.24) is 15.1 Å². The number of urea groups is 1. The van der Waals surface area contributed by atoms with Crippen molar-refractivity contribution in [3.63, 3.8) is 0 Å². The van der Waals surface area contributed by atoms with Crippen LogP contribution in [-0.2, 0) is 0 Å². The van der Waals surface area contributed by atoms with Gasteiger partial charge in [0.25, 0.3) is 0 Å². The van der Waals surface area contributed by atoms with Crippen LogP contribution >= 0.6 is 0 Å². The highest BCUT2D eigenvalue weighted by atomic mass is 16.4. The predicted molar refractivity (Wildman–Crippen MR) is 94.1 cm³/mol. The van der Waals surface area contributed by atoms with Gasteiger partial charge in [0, 0.05) is 38.1 Å². The first kappa shape index (κ1) is 16.9. The number of nitrogens with zero attached hydrogens (tertiary/aromatic N) is 2. The van der Waals surface area contributed by atoms with Gasteiger partial charge in [0.2, 0.25) is 0 Å². The smallest absolute Gasteiger partial charge is 0.317 e. The molecule has 0 unspecified atom stereocenters. The Labute approximate surface area is 149 Å². The van der Waals surface area contributed by atoms with Crippen LogP contribution in [0.1, 0.15) is 50.4 Å². The average Bonchev–Trinajstić information content (AvgIpc) is 3.06. The number of furan rings is 1. The van der Waals surface area contributed by atoms with Gasteiger partial charge >= 0.3 is 6.03 Å². The molecule has 2 N–H and O–H groups in total. The van der Waals surface area contributed by atoms with Crippen LogP contribution in [-0.4, -0.2) is 59.2 Å². The molecule has 0 spiro atoms. The Morgan fingerprint density at radius 3 is 2.96 bits per heavy atom. The van der Waals surface area contributed by atoms with Gasteiger partial charge < -0.3 is 24.6 Å². The van der Waals surface area contributed by atoms with Crippen LogP contribution in [0.15, 0.2) is 22.8 Å². The summed E-state index contributed by atoms with van der Waals surface area (Å²) in [5, 5.41) is 13.4. The third-order valence-corrected chi connectivity index (χ3v) is 5.93. The van der Waals surface area contributed by atoms with E-state index in [1.54, 1.807) is 18.4 Å². The standard InChI is InChI=1S/C19H29N3O3/c23-17(18-4-2-10-25-18)11-16-3-1-8-22(16)19(24)20-12-14-7-9-21(13-14)15-5-6-15/h2,4,10,14-17,23H,1,3,5-9,11-13H2,(H,20,24)/t14-,16+,17-/m0/s1. The second-order valence-corrected chi connectivity index (χ2v) is 7.82. The largest absolute Gasteiger partial charge is 0.467 e. The lowest BCUT2D eigenvalue weighted by Gasteiger charge is -2.27. The van der Waals surface area contributed by atoms with E-state index in [4.69, 9.17) is 4.42 Å². The first-order valence-corrected chi connectivity index (χ1v) is 9.70. The van der Waals surface area contributed by atoms with Crippen LogP contribution in [0.25, 0.3) is 0 Å². The molecule has 25 heavy (non-hydrogen) atoms. The van der Waals surface area contributed by atoms with E-state index < -0.39 is 6.10 Å². The van der Waals surface area contributed by atoms with Gasteiger partial charge in [-0.25, -0.2) is 4.79 Å². The predicted octanol–water partition coefficient (Wildman–Crippen LogP) is 2.36. The number of aliphatic hydroxyl groups is 1. The van der Waals surface area contributed by atoms with E-state index in [0.29, 0.717) is 18.1 Å². The summed E-state index contributed by atoms with van der Waals surface area (Å²) < 4.78 is 5.28. The van der Waals surface area contributed by atoms with Crippen LogP contribution in [0.5, 0.6) is 0 Å². The number of nitrogens with one attached hydrogen (secondary N) is 1. The minimum Gasteiger partial charge on any atom is -0.467 e. The summed E-state index contributed by atoms with van der Waals surface area (Å²) in [4.78, 5) is 17.1. The third-order valence-electron chi connectivity index (χ3n) is 5.93. The average molecular weight is 347 g/mol. The Hall–Kier alpha value is -1.53. The van der Waals surface area contributed by atoms with Crippen molar-refractivity contribution < 1.29 is 14.3 Å². The molecule has 138 valence electrons. The zero-order valence-electron chi connectivity index (χ0n) is 14.8. The third kappa shape index (κ3) is 4.01. The number of carbonyl (C=O) groups excluding carboxylic acids is 1. The molecule has 1 aromatic heterocycles. The van der Waals surface area contributed by atoms with Crippen molar-refractivity contribution in [2.45, 2.75) is 56.7 Å². The molecule has 3 heterocycles. The zero-order valence-corrected chi connectivity index (χ0v) is 14.8. The number of carbonyl (C=O) groups is 1. The van der Waals surface area contributed by atoms with Crippen molar-refractivity contribution in [1.29, 1.82) is 0 Å². The Kier molecular flexibility index (Phi) is 4.99. The molecule has 4 rings (SSSR count). The van der Waals surface area contributed by atoms with Crippen molar-refractivity contribution in [2.24, 2.45) is 5.92 Å². The number of hydrogen-bond acceptors (Lipinski definition) is 4. The molecule has 2 saturated heterocycles. The van der Waals surface area contributed by atoms with Crippen LogP contribution in [0.3, 0.4) is 0 Å². The Morgan fingerprint density at radius 2 is 2.20 bits per heavy atom. The molecule has 0 bridgehead atoms. The SMILES string of the molecule is O=C(NC[C@@H]1CCN(C2CC2)C1)N1CCC[C@@H]1C[C@H](O)c1ccco1. The quantitative estimate of drug-likeness (QED) is 0.829. The summed E-state index contributed by atoms with van der Waals surface area (Å²) >= 11 is 0. The minimum absolute atomic E-state index is 0.0269. The van der Waals surface area contributed by atoms with E-state index >= 15 is 0 Å². The monoisotopic (exact) mass is 347 g/mol. The van der Waals surface area contributed by atoms with Gasteiger partial charge in [0.05, 0.1) is 6.26 Å². The van der Waals surface area contributed by atoms with Gasteiger partial charge in [-0.3, -0.25) is 0 Å². The van der Waals surface area contributed by atoms with Gasteiger partial charge in [0.15, 0.2) is 0 Å². The highest BCUT2D eigenvalue weighted by Crippen LogP contribution is 2.31.